The number of piperazine rings is 1. The van der Waals surface area contributed by atoms with Crippen LogP contribution in [0.1, 0.15) is 0 Å². The molecule has 0 unspecified atom stereocenters. The molecule has 0 radical (unpaired) electrons. The Morgan fingerprint density at radius 1 is 1.21 bits per heavy atom. The second-order valence-electron chi connectivity index (χ2n) is 6.46. The minimum atomic E-state index is -0.505. The number of nitrogens with zero attached hydrogens (tertiary/aromatic N) is 3. The Morgan fingerprint density at radius 3 is 2.48 bits per heavy atom. The Kier molecular flexibility index (Phi) is 6.57. The summed E-state index contributed by atoms with van der Waals surface area (Å²) >= 11 is 6.07. The summed E-state index contributed by atoms with van der Waals surface area (Å²) in [4.78, 5) is 16.5. The minimum Gasteiger partial charge on any atom is -0.495 e. The third kappa shape index (κ3) is 5.18. The maximum atomic E-state index is 13.1. The SMILES string of the molecule is COc1ccc(NC(=O)/C(C#N)=C\N2CCN(c3ccc(F)cc3)CC2)cc1Cl. The van der Waals surface area contributed by atoms with E-state index in [1.54, 1.807) is 36.5 Å². The fraction of sp³-hybridized carbons (Fsp3) is 0.238. The number of benzene rings is 2. The molecule has 0 atom stereocenters. The number of methoxy groups -OCH3 is 1. The van der Waals surface area contributed by atoms with Crippen LogP contribution in [-0.4, -0.2) is 44.1 Å². The van der Waals surface area contributed by atoms with Gasteiger partial charge in [-0.3, -0.25) is 4.79 Å². The lowest BCUT2D eigenvalue weighted by Crippen LogP contribution is -2.44. The number of nitriles is 1. The van der Waals surface area contributed by atoms with E-state index in [9.17, 15) is 14.4 Å². The smallest absolute Gasteiger partial charge is 0.267 e. The fourth-order valence-electron chi connectivity index (χ4n) is 3.02. The number of carbonyl (C=O) groups is 1. The van der Waals surface area contributed by atoms with Crippen molar-refractivity contribution in [3.63, 3.8) is 0 Å². The van der Waals surface area contributed by atoms with Crippen LogP contribution < -0.4 is 15.0 Å². The zero-order valence-electron chi connectivity index (χ0n) is 15.9. The molecule has 1 amide bonds. The lowest BCUT2D eigenvalue weighted by atomic mass is 10.2. The highest BCUT2D eigenvalue weighted by atomic mass is 35.5. The van der Waals surface area contributed by atoms with E-state index in [2.05, 4.69) is 10.2 Å². The zero-order valence-corrected chi connectivity index (χ0v) is 16.6. The number of hydrogen-bond acceptors (Lipinski definition) is 5. The van der Waals surface area contributed by atoms with Gasteiger partial charge in [0.25, 0.3) is 5.91 Å². The molecule has 3 rings (SSSR count). The van der Waals surface area contributed by atoms with E-state index in [1.165, 1.54) is 19.2 Å². The highest BCUT2D eigenvalue weighted by Gasteiger charge is 2.18. The van der Waals surface area contributed by atoms with Crippen LogP contribution in [0.25, 0.3) is 0 Å². The van der Waals surface area contributed by atoms with E-state index in [-0.39, 0.29) is 11.4 Å². The van der Waals surface area contributed by atoms with Crippen molar-refractivity contribution < 1.29 is 13.9 Å². The van der Waals surface area contributed by atoms with Gasteiger partial charge in [0.1, 0.15) is 23.2 Å². The number of carbonyl (C=O) groups excluding carboxylic acids is 1. The van der Waals surface area contributed by atoms with Crippen LogP contribution in [0.3, 0.4) is 0 Å². The normalized spacial score (nSPS) is 14.3. The minimum absolute atomic E-state index is 0.00664. The van der Waals surface area contributed by atoms with Crippen LogP contribution in [0.5, 0.6) is 5.75 Å². The molecule has 29 heavy (non-hydrogen) atoms. The van der Waals surface area contributed by atoms with Crippen molar-refractivity contribution in [1.29, 1.82) is 5.26 Å². The molecule has 150 valence electrons. The lowest BCUT2D eigenvalue weighted by Gasteiger charge is -2.35. The van der Waals surface area contributed by atoms with Crippen LogP contribution in [0.4, 0.5) is 15.8 Å². The van der Waals surface area contributed by atoms with E-state index in [0.717, 1.165) is 5.69 Å². The number of ether oxygens (including phenoxy) is 1. The molecule has 1 saturated heterocycles. The van der Waals surface area contributed by atoms with Gasteiger partial charge in [-0.1, -0.05) is 11.6 Å². The van der Waals surface area contributed by atoms with Crippen molar-refractivity contribution >= 4 is 28.9 Å². The Morgan fingerprint density at radius 2 is 1.90 bits per heavy atom. The number of nitrogens with one attached hydrogen (secondary N) is 1. The van der Waals surface area contributed by atoms with Gasteiger partial charge in [0.2, 0.25) is 0 Å². The van der Waals surface area contributed by atoms with Crippen LogP contribution in [0.2, 0.25) is 5.02 Å². The Balaban J connectivity index is 1.61. The molecule has 2 aromatic carbocycles. The van der Waals surface area contributed by atoms with Gasteiger partial charge in [-0.05, 0) is 42.5 Å². The number of rotatable bonds is 5. The number of anilines is 2. The number of amides is 1. The monoisotopic (exact) mass is 414 g/mol. The van der Waals surface area contributed by atoms with E-state index < -0.39 is 5.91 Å². The first-order valence-electron chi connectivity index (χ1n) is 9.01. The first-order chi connectivity index (χ1) is 14.0. The van der Waals surface area contributed by atoms with Crippen LogP contribution >= 0.6 is 11.6 Å². The van der Waals surface area contributed by atoms with Crippen LogP contribution in [-0.2, 0) is 4.79 Å². The molecule has 1 fully saturated rings. The molecule has 0 bridgehead atoms. The average Bonchev–Trinajstić information content (AvgIpc) is 2.73. The van der Waals surface area contributed by atoms with E-state index in [4.69, 9.17) is 16.3 Å². The van der Waals surface area contributed by atoms with Crippen molar-refractivity contribution in [1.82, 2.24) is 4.90 Å². The molecule has 8 heteroatoms. The van der Waals surface area contributed by atoms with Crippen LogP contribution in [0, 0.1) is 17.1 Å². The maximum absolute atomic E-state index is 13.1. The molecule has 6 nitrogen and oxygen atoms in total. The first-order valence-corrected chi connectivity index (χ1v) is 9.39. The fourth-order valence-corrected chi connectivity index (χ4v) is 3.28. The molecule has 1 heterocycles. The topological polar surface area (TPSA) is 68.6 Å². The molecule has 0 spiro atoms. The summed E-state index contributed by atoms with van der Waals surface area (Å²) in [6.07, 6.45) is 1.57. The van der Waals surface area contributed by atoms with Gasteiger partial charge < -0.3 is 19.9 Å². The predicted octanol–water partition coefficient (Wildman–Crippen LogP) is 3.66. The summed E-state index contributed by atoms with van der Waals surface area (Å²) in [5.74, 6) is -0.271. The summed E-state index contributed by atoms with van der Waals surface area (Å²) in [6.45, 7) is 2.70. The Labute approximate surface area is 173 Å². The summed E-state index contributed by atoms with van der Waals surface area (Å²) in [6, 6.07) is 13.2. The predicted molar refractivity (Wildman–Crippen MR) is 111 cm³/mol. The molecular formula is C21H20ClFN4O2. The highest BCUT2D eigenvalue weighted by molar-refractivity contribution is 6.32. The molecule has 1 aliphatic heterocycles. The van der Waals surface area contributed by atoms with Gasteiger partial charge in [0, 0.05) is 43.8 Å². The maximum Gasteiger partial charge on any atom is 0.267 e. The van der Waals surface area contributed by atoms with Gasteiger partial charge in [0.15, 0.2) is 0 Å². The number of hydrogen-bond donors (Lipinski definition) is 1. The zero-order chi connectivity index (χ0) is 20.8. The molecular weight excluding hydrogens is 395 g/mol. The van der Waals surface area contributed by atoms with E-state index in [1.807, 2.05) is 11.0 Å². The number of halogens is 2. The molecule has 0 aliphatic carbocycles. The summed E-state index contributed by atoms with van der Waals surface area (Å²) in [5.41, 5.74) is 1.43. The van der Waals surface area contributed by atoms with Gasteiger partial charge in [0.05, 0.1) is 12.1 Å². The van der Waals surface area contributed by atoms with E-state index in [0.29, 0.717) is 42.6 Å². The molecule has 1 N–H and O–H groups in total. The summed E-state index contributed by atoms with van der Waals surface area (Å²) < 4.78 is 18.2. The average molecular weight is 415 g/mol. The molecule has 0 saturated carbocycles. The van der Waals surface area contributed by atoms with E-state index >= 15 is 0 Å². The second kappa shape index (κ2) is 9.30. The highest BCUT2D eigenvalue weighted by Crippen LogP contribution is 2.27. The summed E-state index contributed by atoms with van der Waals surface area (Å²) in [7, 11) is 1.51. The van der Waals surface area contributed by atoms with Crippen molar-refractivity contribution in [3.05, 3.63) is 65.1 Å². The molecule has 2 aromatic rings. The Bertz CT molecular complexity index is 948. The van der Waals surface area contributed by atoms with Gasteiger partial charge in [-0.15, -0.1) is 0 Å². The first kappa shape index (κ1) is 20.5. The second-order valence-corrected chi connectivity index (χ2v) is 6.86. The standard InChI is InChI=1S/C21H20ClFN4O2/c1-29-20-7-4-17(12-19(20)22)25-21(28)15(13-24)14-26-8-10-27(11-9-26)18-5-2-16(23)3-6-18/h2-7,12,14H,8-11H2,1H3,(H,25,28)/b15-14-. The third-order valence-electron chi connectivity index (χ3n) is 4.59. The van der Waals surface area contributed by atoms with Crippen molar-refractivity contribution in [2.24, 2.45) is 0 Å². The summed E-state index contributed by atoms with van der Waals surface area (Å²) in [5, 5.41) is 12.4. The quantitative estimate of drug-likeness (QED) is 0.597. The van der Waals surface area contributed by atoms with Gasteiger partial charge in [-0.25, -0.2) is 4.39 Å². The van der Waals surface area contributed by atoms with Gasteiger partial charge >= 0.3 is 0 Å². The molecule has 0 aromatic heterocycles. The van der Waals surface area contributed by atoms with Crippen molar-refractivity contribution in [2.45, 2.75) is 0 Å². The lowest BCUT2D eigenvalue weighted by molar-refractivity contribution is -0.112. The van der Waals surface area contributed by atoms with Gasteiger partial charge in [-0.2, -0.15) is 5.26 Å². The Hall–Kier alpha value is -3.24. The van der Waals surface area contributed by atoms with Crippen LogP contribution in [0.15, 0.2) is 54.2 Å². The van der Waals surface area contributed by atoms with Crippen molar-refractivity contribution in [3.8, 4) is 11.8 Å². The largest absolute Gasteiger partial charge is 0.495 e. The third-order valence-corrected chi connectivity index (χ3v) is 4.89. The molecule has 1 aliphatic rings. The van der Waals surface area contributed by atoms with Crippen molar-refractivity contribution in [2.75, 3.05) is 43.5 Å².